The summed E-state index contributed by atoms with van der Waals surface area (Å²) in [4.78, 5) is 20.7. The van der Waals surface area contributed by atoms with Crippen molar-refractivity contribution in [2.75, 3.05) is 10.6 Å². The number of aromatic nitrogens is 2. The lowest BCUT2D eigenvalue weighted by Crippen LogP contribution is -2.41. The number of hydrogen-bond donors (Lipinski definition) is 4. The standard InChI is InChI=1S/C20H33N5O2/c1-19(2)10-7-13(11-15(19)26)23-17-14(16(21)27)12-22-18(24-17)25-20(3)8-5-4-6-9-20/h12-13,15,26H,4-11H2,1-3H3,(H2,21,27)(H2,22,23,24,25)/t13-,15-/m1/s1. The van der Waals surface area contributed by atoms with E-state index in [1.807, 2.05) is 0 Å². The van der Waals surface area contributed by atoms with Gasteiger partial charge in [-0.15, -0.1) is 0 Å². The second-order valence-corrected chi connectivity index (χ2v) is 9.19. The minimum Gasteiger partial charge on any atom is -0.392 e. The molecular weight excluding hydrogens is 342 g/mol. The average molecular weight is 376 g/mol. The van der Waals surface area contributed by atoms with Crippen LogP contribution in [0.15, 0.2) is 6.20 Å². The molecule has 1 aromatic heterocycles. The number of nitrogens with zero attached hydrogens (tertiary/aromatic N) is 2. The van der Waals surface area contributed by atoms with Crippen LogP contribution in [0, 0.1) is 5.41 Å². The Morgan fingerprint density at radius 2 is 1.93 bits per heavy atom. The fourth-order valence-electron chi connectivity index (χ4n) is 4.20. The smallest absolute Gasteiger partial charge is 0.254 e. The van der Waals surface area contributed by atoms with Gasteiger partial charge in [-0.2, -0.15) is 4.98 Å². The molecule has 7 nitrogen and oxygen atoms in total. The second kappa shape index (κ2) is 7.62. The summed E-state index contributed by atoms with van der Waals surface area (Å²) in [6.07, 6.45) is 9.38. The third kappa shape index (κ3) is 4.69. The third-order valence-electron chi connectivity index (χ3n) is 6.31. The Morgan fingerprint density at radius 3 is 2.56 bits per heavy atom. The number of anilines is 2. The van der Waals surface area contributed by atoms with Crippen LogP contribution in [0.2, 0.25) is 0 Å². The average Bonchev–Trinajstić information content (AvgIpc) is 2.59. The normalized spacial score (nSPS) is 27.0. The van der Waals surface area contributed by atoms with Crippen molar-refractivity contribution in [3.05, 3.63) is 11.8 Å². The molecule has 2 aliphatic carbocycles. The molecule has 3 rings (SSSR count). The number of amides is 1. The lowest BCUT2D eigenvalue weighted by atomic mass is 9.73. The van der Waals surface area contributed by atoms with Gasteiger partial charge in [0.05, 0.1) is 11.7 Å². The predicted molar refractivity (Wildman–Crippen MR) is 107 cm³/mol. The van der Waals surface area contributed by atoms with Gasteiger partial charge in [-0.1, -0.05) is 33.1 Å². The summed E-state index contributed by atoms with van der Waals surface area (Å²) in [5, 5.41) is 17.2. The molecule has 1 heterocycles. The first-order valence-electron chi connectivity index (χ1n) is 10.1. The highest BCUT2D eigenvalue weighted by atomic mass is 16.3. The molecule has 5 N–H and O–H groups in total. The molecule has 2 atom stereocenters. The second-order valence-electron chi connectivity index (χ2n) is 9.19. The van der Waals surface area contributed by atoms with E-state index in [-0.39, 0.29) is 28.7 Å². The van der Waals surface area contributed by atoms with Crippen LogP contribution in [-0.2, 0) is 0 Å². The maximum absolute atomic E-state index is 11.8. The van der Waals surface area contributed by atoms with Crippen molar-refractivity contribution >= 4 is 17.7 Å². The zero-order chi connectivity index (χ0) is 19.7. The third-order valence-corrected chi connectivity index (χ3v) is 6.31. The zero-order valence-corrected chi connectivity index (χ0v) is 16.7. The highest BCUT2D eigenvalue weighted by Gasteiger charge is 2.35. The van der Waals surface area contributed by atoms with E-state index in [0.717, 1.165) is 25.7 Å². The van der Waals surface area contributed by atoms with Gasteiger partial charge in [0.1, 0.15) is 5.82 Å². The van der Waals surface area contributed by atoms with E-state index < -0.39 is 5.91 Å². The maximum atomic E-state index is 11.8. The number of carbonyl (C=O) groups is 1. The molecule has 0 aromatic carbocycles. The molecule has 150 valence electrons. The largest absolute Gasteiger partial charge is 0.392 e. The van der Waals surface area contributed by atoms with Crippen molar-refractivity contribution in [3.63, 3.8) is 0 Å². The monoisotopic (exact) mass is 375 g/mol. The quantitative estimate of drug-likeness (QED) is 0.629. The highest BCUT2D eigenvalue weighted by molar-refractivity contribution is 5.97. The summed E-state index contributed by atoms with van der Waals surface area (Å²) in [5.41, 5.74) is 5.70. The minimum atomic E-state index is -0.551. The van der Waals surface area contributed by atoms with Gasteiger partial charge in [-0.25, -0.2) is 4.98 Å². The highest BCUT2D eigenvalue weighted by Crippen LogP contribution is 2.37. The van der Waals surface area contributed by atoms with Crippen LogP contribution in [0.3, 0.4) is 0 Å². The molecule has 2 saturated carbocycles. The van der Waals surface area contributed by atoms with Crippen LogP contribution in [0.4, 0.5) is 11.8 Å². The first kappa shape index (κ1) is 19.9. The fraction of sp³-hybridized carbons (Fsp3) is 0.750. The van der Waals surface area contributed by atoms with Gasteiger partial charge in [0.25, 0.3) is 5.91 Å². The Bertz CT molecular complexity index is 685. The van der Waals surface area contributed by atoms with Crippen molar-refractivity contribution in [1.29, 1.82) is 0 Å². The van der Waals surface area contributed by atoms with Crippen molar-refractivity contribution < 1.29 is 9.90 Å². The number of aliphatic hydroxyl groups is 1. The minimum absolute atomic E-state index is 0.0190. The topological polar surface area (TPSA) is 113 Å². The summed E-state index contributed by atoms with van der Waals surface area (Å²) in [6.45, 7) is 6.37. The van der Waals surface area contributed by atoms with Crippen LogP contribution in [-0.4, -0.2) is 38.7 Å². The Balaban J connectivity index is 1.77. The van der Waals surface area contributed by atoms with E-state index in [9.17, 15) is 9.90 Å². The van der Waals surface area contributed by atoms with E-state index in [2.05, 4.69) is 41.4 Å². The molecule has 1 amide bonds. The molecular formula is C20H33N5O2. The lowest BCUT2D eigenvalue weighted by Gasteiger charge is -2.39. The molecule has 1 aromatic rings. The fourth-order valence-corrected chi connectivity index (χ4v) is 4.20. The van der Waals surface area contributed by atoms with Crippen molar-refractivity contribution in [2.45, 2.75) is 89.8 Å². The Kier molecular flexibility index (Phi) is 5.60. The number of hydrogen-bond acceptors (Lipinski definition) is 6. The SMILES string of the molecule is CC1(Nc2ncc(C(N)=O)c(N[C@@H]3CCC(C)(C)[C@H](O)C3)n2)CCCCC1. The van der Waals surface area contributed by atoms with Gasteiger partial charge in [-0.05, 0) is 44.4 Å². The van der Waals surface area contributed by atoms with Crippen LogP contribution < -0.4 is 16.4 Å². The summed E-state index contributed by atoms with van der Waals surface area (Å²) in [5.74, 6) is 0.421. The molecule has 0 bridgehead atoms. The molecule has 2 fully saturated rings. The number of aliphatic hydroxyl groups excluding tert-OH is 1. The first-order valence-corrected chi connectivity index (χ1v) is 10.1. The predicted octanol–water partition coefficient (Wildman–Crippen LogP) is 3.06. The van der Waals surface area contributed by atoms with Gasteiger partial charge < -0.3 is 21.5 Å². The number of nitrogens with two attached hydrogens (primary N) is 1. The van der Waals surface area contributed by atoms with Crippen LogP contribution in [0.5, 0.6) is 0 Å². The molecule has 0 aliphatic heterocycles. The van der Waals surface area contributed by atoms with Crippen LogP contribution in [0.1, 0.15) is 82.5 Å². The van der Waals surface area contributed by atoms with Gasteiger partial charge in [-0.3, -0.25) is 4.79 Å². The zero-order valence-electron chi connectivity index (χ0n) is 16.7. The van der Waals surface area contributed by atoms with Gasteiger partial charge in [0, 0.05) is 17.8 Å². The van der Waals surface area contributed by atoms with E-state index in [1.165, 1.54) is 25.5 Å². The van der Waals surface area contributed by atoms with Crippen molar-refractivity contribution in [1.82, 2.24) is 9.97 Å². The van der Waals surface area contributed by atoms with Gasteiger partial charge >= 0.3 is 0 Å². The first-order chi connectivity index (χ1) is 12.7. The summed E-state index contributed by atoms with van der Waals surface area (Å²) >= 11 is 0. The van der Waals surface area contributed by atoms with Crippen LogP contribution in [0.25, 0.3) is 0 Å². The van der Waals surface area contributed by atoms with E-state index >= 15 is 0 Å². The maximum Gasteiger partial charge on any atom is 0.254 e. The molecule has 7 heteroatoms. The number of carbonyl (C=O) groups excluding carboxylic acids is 1. The van der Waals surface area contributed by atoms with Gasteiger partial charge in [0.2, 0.25) is 5.95 Å². The van der Waals surface area contributed by atoms with Gasteiger partial charge in [0.15, 0.2) is 0 Å². The Labute approximate surface area is 161 Å². The molecule has 0 unspecified atom stereocenters. The molecule has 27 heavy (non-hydrogen) atoms. The number of primary amides is 1. The number of nitrogens with one attached hydrogen (secondary N) is 2. The van der Waals surface area contributed by atoms with E-state index in [4.69, 9.17) is 5.73 Å². The Morgan fingerprint density at radius 1 is 1.22 bits per heavy atom. The van der Waals surface area contributed by atoms with E-state index in [1.54, 1.807) is 0 Å². The van der Waals surface area contributed by atoms with Crippen LogP contribution >= 0.6 is 0 Å². The lowest BCUT2D eigenvalue weighted by molar-refractivity contribution is 0.00912. The Hall–Kier alpha value is -1.89. The summed E-state index contributed by atoms with van der Waals surface area (Å²) in [6, 6.07) is 0.0548. The summed E-state index contributed by atoms with van der Waals surface area (Å²) in [7, 11) is 0. The molecule has 0 spiro atoms. The van der Waals surface area contributed by atoms with E-state index in [0.29, 0.717) is 18.2 Å². The van der Waals surface area contributed by atoms with Crippen molar-refractivity contribution in [3.8, 4) is 0 Å². The molecule has 2 aliphatic rings. The summed E-state index contributed by atoms with van der Waals surface area (Å²) < 4.78 is 0. The number of rotatable bonds is 5. The van der Waals surface area contributed by atoms with Crippen molar-refractivity contribution in [2.24, 2.45) is 11.1 Å². The molecule has 0 radical (unpaired) electrons. The molecule has 0 saturated heterocycles.